The number of carbonyl (C=O) groups is 5. The van der Waals surface area contributed by atoms with Gasteiger partial charge in [0.25, 0.3) is 11.7 Å². The molecule has 15 atom stereocenters. The summed E-state index contributed by atoms with van der Waals surface area (Å²) in [6.07, 6.45) is 13.0. The molecule has 0 spiro atoms. The first-order valence-electron chi connectivity index (χ1n) is 25.5. The van der Waals surface area contributed by atoms with E-state index in [-0.39, 0.29) is 74.1 Å². The van der Waals surface area contributed by atoms with Gasteiger partial charge in [-0.3, -0.25) is 19.2 Å². The summed E-state index contributed by atoms with van der Waals surface area (Å²) >= 11 is 0. The van der Waals surface area contributed by atoms with Crippen LogP contribution in [-0.2, 0) is 52.4 Å². The molecule has 0 aromatic carbocycles. The number of esters is 1. The van der Waals surface area contributed by atoms with Gasteiger partial charge in [0, 0.05) is 58.5 Å². The number of methoxy groups -OCH3 is 3. The Labute approximate surface area is 411 Å². The van der Waals surface area contributed by atoms with Crippen LogP contribution in [0.25, 0.3) is 0 Å². The van der Waals surface area contributed by atoms with Crippen LogP contribution < -0.4 is 0 Å². The standard InChI is InChI=1S/C54H85NO14/c1-33-16-12-11-13-17-34(2)45(64-8)31-41-23-21-39(7)54(63,69-41)51(60)52(61)55-25-15-14-18-42(55)53(62)68-46(37(5)29-40-22-24-44(67-27-26-56)47(30-40)65-9)32-43(57)36(4)28-38(6)49(59)50(66-10)48(58)35(3)20-19-33/h11-13,16-17,28,33,35-37,39-42,44-47,49-50,56,59,63H,14-15,18-27,29-32H2,1-10H3/b13-11+,16-12+,34-17+,38-28+/t33-,35-,36-,37+,39-,40+,41+,42+,44-,45+,46+,47-,49-,50+,54-/m1/s1. The molecule has 0 aromatic rings. The third kappa shape index (κ3) is 16.0. The lowest BCUT2D eigenvalue weighted by Gasteiger charge is -2.42. The predicted octanol–water partition coefficient (Wildman–Crippen LogP) is 6.59. The molecule has 1 saturated carbocycles. The van der Waals surface area contributed by atoms with Crippen molar-refractivity contribution in [3.05, 3.63) is 47.6 Å². The van der Waals surface area contributed by atoms with Crippen molar-refractivity contribution in [2.24, 2.45) is 35.5 Å². The van der Waals surface area contributed by atoms with Gasteiger partial charge in [-0.1, -0.05) is 71.1 Å². The van der Waals surface area contributed by atoms with Crippen LogP contribution in [0.4, 0.5) is 0 Å². The van der Waals surface area contributed by atoms with Crippen LogP contribution in [-0.4, -0.2) is 145 Å². The molecule has 0 aromatic heterocycles. The molecule has 1 aliphatic carbocycles. The van der Waals surface area contributed by atoms with Gasteiger partial charge in [0.05, 0.1) is 37.6 Å². The Morgan fingerprint density at radius 2 is 1.58 bits per heavy atom. The molecular weight excluding hydrogens is 887 g/mol. The van der Waals surface area contributed by atoms with Gasteiger partial charge in [0.2, 0.25) is 5.79 Å². The van der Waals surface area contributed by atoms with E-state index in [1.54, 1.807) is 41.1 Å². The number of nitrogens with zero attached hydrogens (tertiary/aromatic N) is 1. The normalized spacial score (nSPS) is 38.9. The summed E-state index contributed by atoms with van der Waals surface area (Å²) in [5, 5.41) is 32.8. The van der Waals surface area contributed by atoms with E-state index in [0.29, 0.717) is 63.4 Å². The van der Waals surface area contributed by atoms with Crippen molar-refractivity contribution in [3.63, 3.8) is 0 Å². The first-order valence-corrected chi connectivity index (χ1v) is 25.5. The molecular formula is C54H85NO14. The van der Waals surface area contributed by atoms with Crippen molar-refractivity contribution in [1.29, 1.82) is 0 Å². The van der Waals surface area contributed by atoms with E-state index in [4.69, 9.17) is 28.4 Å². The predicted molar refractivity (Wildman–Crippen MR) is 261 cm³/mol. The summed E-state index contributed by atoms with van der Waals surface area (Å²) in [5.74, 6) is -7.75. The first kappa shape index (κ1) is 58.2. The molecule has 0 radical (unpaired) electrons. The number of ether oxygens (including phenoxy) is 6. The SMILES string of the molecule is CO[C@H]1C[C@@H]2CC[C@@H](C)[C@@](O)(O2)C(=O)C(=O)N2CCCC[C@H]2C(=O)O[C@H]([C@@H](C)C[C@@H]2CC[C@@H](OCCO)[C@H](OC)C2)CC(=O)[C@H](C)/C=C(\C)[C@@H](O)[C@@H](OC)C(=O)[C@H](C)CC[C@H](C)/C=C/C=C/C=C/1C. The highest BCUT2D eigenvalue weighted by atomic mass is 16.6. The minimum atomic E-state index is -2.43. The molecule has 4 aliphatic rings. The number of carbonyl (C=O) groups excluding carboxylic acids is 5. The zero-order valence-electron chi connectivity index (χ0n) is 43.1. The summed E-state index contributed by atoms with van der Waals surface area (Å²) < 4.78 is 35.6. The molecule has 2 bridgehead atoms. The molecule has 3 aliphatic heterocycles. The fraction of sp³-hybridized carbons (Fsp3) is 0.759. The molecule has 69 heavy (non-hydrogen) atoms. The van der Waals surface area contributed by atoms with E-state index in [2.05, 4.69) is 13.0 Å². The topological polar surface area (TPSA) is 205 Å². The highest BCUT2D eigenvalue weighted by Gasteiger charge is 2.53. The van der Waals surface area contributed by atoms with E-state index in [9.17, 15) is 39.3 Å². The lowest BCUT2D eigenvalue weighted by molar-refractivity contribution is -0.265. The van der Waals surface area contributed by atoms with Crippen molar-refractivity contribution in [1.82, 2.24) is 4.90 Å². The van der Waals surface area contributed by atoms with Crippen LogP contribution in [0, 0.1) is 35.5 Å². The van der Waals surface area contributed by atoms with Crippen molar-refractivity contribution in [3.8, 4) is 0 Å². The van der Waals surface area contributed by atoms with E-state index >= 15 is 0 Å². The summed E-state index contributed by atoms with van der Waals surface area (Å²) in [5.41, 5.74) is 1.29. The molecule has 3 fully saturated rings. The van der Waals surface area contributed by atoms with Crippen LogP contribution in [0.3, 0.4) is 0 Å². The summed E-state index contributed by atoms with van der Waals surface area (Å²) in [4.78, 5) is 72.2. The number of ketones is 3. The van der Waals surface area contributed by atoms with Gasteiger partial charge in [0.15, 0.2) is 5.78 Å². The van der Waals surface area contributed by atoms with Gasteiger partial charge < -0.3 is 48.6 Å². The fourth-order valence-electron chi connectivity index (χ4n) is 10.5. The number of piperidine rings is 1. The van der Waals surface area contributed by atoms with E-state index in [1.807, 2.05) is 45.1 Å². The molecule has 3 N–H and O–H groups in total. The number of cyclic esters (lactones) is 1. The highest BCUT2D eigenvalue weighted by molar-refractivity contribution is 6.39. The van der Waals surface area contributed by atoms with Crippen molar-refractivity contribution >= 4 is 29.2 Å². The summed E-state index contributed by atoms with van der Waals surface area (Å²) in [6.45, 7) is 13.0. The molecule has 1 amide bonds. The van der Waals surface area contributed by atoms with E-state index in [1.165, 1.54) is 12.0 Å². The van der Waals surface area contributed by atoms with Crippen molar-refractivity contribution in [2.45, 2.75) is 186 Å². The van der Waals surface area contributed by atoms with Gasteiger partial charge in [0.1, 0.15) is 30.1 Å². The third-order valence-corrected chi connectivity index (χ3v) is 15.2. The van der Waals surface area contributed by atoms with E-state index in [0.717, 1.165) is 18.4 Å². The maximum Gasteiger partial charge on any atom is 0.329 e. The number of hydrogen-bond acceptors (Lipinski definition) is 14. The minimum Gasteiger partial charge on any atom is -0.460 e. The lowest BCUT2D eigenvalue weighted by Crippen LogP contribution is -2.61. The van der Waals surface area contributed by atoms with Gasteiger partial charge in [-0.15, -0.1) is 0 Å². The Morgan fingerprint density at radius 1 is 0.841 bits per heavy atom. The van der Waals surface area contributed by atoms with Gasteiger partial charge >= 0.3 is 5.97 Å². The maximum absolute atomic E-state index is 14.5. The quantitative estimate of drug-likeness (QED) is 0.127. The summed E-state index contributed by atoms with van der Waals surface area (Å²) in [6, 6.07) is -1.15. The number of allylic oxidation sites excluding steroid dienone is 6. The lowest BCUT2D eigenvalue weighted by atomic mass is 9.78. The average Bonchev–Trinajstić information content (AvgIpc) is 3.34. The molecule has 15 heteroatoms. The average molecular weight is 972 g/mol. The number of fused-ring (bicyclic) bond motifs is 3. The number of rotatable bonds is 9. The van der Waals surface area contributed by atoms with Crippen molar-refractivity contribution < 1.29 is 67.7 Å². The van der Waals surface area contributed by atoms with Crippen LogP contribution >= 0.6 is 0 Å². The Bertz CT molecular complexity index is 1830. The number of Topliss-reactive ketones (excluding diaryl/α,β-unsaturated/α-hetero) is 3. The zero-order chi connectivity index (χ0) is 51.0. The smallest absolute Gasteiger partial charge is 0.329 e. The van der Waals surface area contributed by atoms with Crippen LogP contribution in [0.5, 0.6) is 0 Å². The number of hydrogen-bond donors (Lipinski definition) is 3. The molecule has 15 nitrogen and oxygen atoms in total. The van der Waals surface area contributed by atoms with E-state index < -0.39 is 77.8 Å². The second-order valence-corrected chi connectivity index (χ2v) is 20.5. The van der Waals surface area contributed by atoms with Gasteiger partial charge in [-0.05, 0) is 113 Å². The Kier molecular flexibility index (Phi) is 23.6. The number of aliphatic hydroxyl groups excluding tert-OH is 2. The molecule has 390 valence electrons. The van der Waals surface area contributed by atoms with Crippen LogP contribution in [0.2, 0.25) is 0 Å². The Morgan fingerprint density at radius 3 is 2.26 bits per heavy atom. The van der Waals surface area contributed by atoms with Gasteiger partial charge in [-0.2, -0.15) is 0 Å². The van der Waals surface area contributed by atoms with Crippen LogP contribution in [0.1, 0.15) is 132 Å². The highest BCUT2D eigenvalue weighted by Crippen LogP contribution is 2.38. The third-order valence-electron chi connectivity index (χ3n) is 15.2. The fourth-order valence-corrected chi connectivity index (χ4v) is 10.5. The number of amides is 1. The second-order valence-electron chi connectivity index (χ2n) is 20.5. The van der Waals surface area contributed by atoms with Crippen LogP contribution in [0.15, 0.2) is 47.6 Å². The first-order chi connectivity index (χ1) is 32.8. The zero-order valence-corrected chi connectivity index (χ0v) is 43.1. The Hall–Kier alpha value is -3.41. The summed E-state index contributed by atoms with van der Waals surface area (Å²) in [7, 11) is 4.60. The number of aliphatic hydroxyl groups is 3. The maximum atomic E-state index is 14.5. The van der Waals surface area contributed by atoms with Gasteiger partial charge in [-0.25, -0.2) is 4.79 Å². The van der Waals surface area contributed by atoms with Crippen molar-refractivity contribution in [2.75, 3.05) is 41.1 Å². The Balaban J connectivity index is 1.69. The molecule has 3 heterocycles. The molecule has 0 unspecified atom stereocenters. The molecule has 2 saturated heterocycles. The largest absolute Gasteiger partial charge is 0.460 e. The second kappa shape index (κ2) is 28.0. The monoisotopic (exact) mass is 972 g/mol. The minimum absolute atomic E-state index is 0.0852. The molecule has 4 rings (SSSR count).